The van der Waals surface area contributed by atoms with Crippen LogP contribution < -0.4 is 4.74 Å². The van der Waals surface area contributed by atoms with Crippen molar-refractivity contribution in [2.45, 2.75) is 84.7 Å². The van der Waals surface area contributed by atoms with Crippen LogP contribution in [0, 0.1) is 11.3 Å². The molecule has 2 fully saturated rings. The van der Waals surface area contributed by atoms with Gasteiger partial charge in [-0.3, -0.25) is 9.79 Å². The molecule has 34 heavy (non-hydrogen) atoms. The number of phenols is 1. The number of ketones is 1. The lowest BCUT2D eigenvalue weighted by molar-refractivity contribution is -0.146. The van der Waals surface area contributed by atoms with Gasteiger partial charge in [-0.2, -0.15) is 0 Å². The van der Waals surface area contributed by atoms with Crippen molar-refractivity contribution in [2.75, 3.05) is 6.61 Å². The molecule has 3 aliphatic rings. The lowest BCUT2D eigenvalue weighted by Gasteiger charge is -2.41. The maximum atomic E-state index is 13.6. The molecule has 4 rings (SSSR count). The molecule has 7 heteroatoms. The highest BCUT2D eigenvalue weighted by atomic mass is 79.9. The number of esters is 1. The second kappa shape index (κ2) is 9.84. The second-order valence-corrected chi connectivity index (χ2v) is 11.3. The van der Waals surface area contributed by atoms with Crippen LogP contribution >= 0.6 is 15.9 Å². The minimum absolute atomic E-state index is 0.00145. The van der Waals surface area contributed by atoms with Crippen LogP contribution in [-0.2, 0) is 14.3 Å². The normalized spacial score (nSPS) is 25.0. The van der Waals surface area contributed by atoms with E-state index in [-0.39, 0.29) is 23.1 Å². The Morgan fingerprint density at radius 1 is 1.18 bits per heavy atom. The molecule has 0 amide bonds. The number of halogens is 1. The molecule has 1 aromatic rings. The van der Waals surface area contributed by atoms with Crippen LogP contribution in [0.3, 0.4) is 0 Å². The molecule has 1 aromatic carbocycles. The van der Waals surface area contributed by atoms with E-state index in [0.29, 0.717) is 40.9 Å². The lowest BCUT2D eigenvalue weighted by atomic mass is 9.63. The summed E-state index contributed by atoms with van der Waals surface area (Å²) in [6, 6.07) is 3.52. The molecular formula is C27H34BrNO5. The number of carbonyl (C=O) groups excluding carboxylic acids is 2. The van der Waals surface area contributed by atoms with Crippen LogP contribution in [0.25, 0.3) is 0 Å². The van der Waals surface area contributed by atoms with Gasteiger partial charge in [0.25, 0.3) is 0 Å². The van der Waals surface area contributed by atoms with E-state index in [9.17, 15) is 14.7 Å². The Morgan fingerprint density at radius 3 is 2.56 bits per heavy atom. The number of nitrogens with zero attached hydrogens (tertiary/aromatic N) is 1. The van der Waals surface area contributed by atoms with Gasteiger partial charge >= 0.3 is 5.97 Å². The fourth-order valence-corrected chi connectivity index (χ4v) is 6.12. The zero-order valence-corrected chi connectivity index (χ0v) is 22.0. The molecule has 0 aromatic heterocycles. The minimum Gasteiger partial charge on any atom is -0.503 e. The Labute approximate surface area is 209 Å². The van der Waals surface area contributed by atoms with E-state index < -0.39 is 17.8 Å². The van der Waals surface area contributed by atoms with Gasteiger partial charge in [0.2, 0.25) is 0 Å². The van der Waals surface area contributed by atoms with E-state index in [1.807, 2.05) is 13.8 Å². The number of phenolic OH excluding ortho intramolecular Hbond substituents is 1. The van der Waals surface area contributed by atoms with Crippen molar-refractivity contribution in [1.82, 2.24) is 0 Å². The molecule has 1 aliphatic heterocycles. The highest BCUT2D eigenvalue weighted by Gasteiger charge is 2.48. The topological polar surface area (TPSA) is 85.2 Å². The fraction of sp³-hybridized carbons (Fsp3) is 0.593. The van der Waals surface area contributed by atoms with Crippen LogP contribution in [0.1, 0.15) is 84.1 Å². The van der Waals surface area contributed by atoms with Gasteiger partial charge in [-0.15, -0.1) is 0 Å². The quantitative estimate of drug-likeness (QED) is 0.454. The number of carbonyl (C=O) groups is 2. The van der Waals surface area contributed by atoms with Gasteiger partial charge in [0.05, 0.1) is 22.6 Å². The Bertz CT molecular complexity index is 1050. The predicted molar refractivity (Wildman–Crippen MR) is 134 cm³/mol. The molecule has 2 saturated carbocycles. The van der Waals surface area contributed by atoms with E-state index in [1.165, 1.54) is 6.42 Å². The van der Waals surface area contributed by atoms with E-state index >= 15 is 0 Å². The zero-order valence-electron chi connectivity index (χ0n) is 20.4. The van der Waals surface area contributed by atoms with Crippen molar-refractivity contribution < 1.29 is 24.2 Å². The maximum Gasteiger partial charge on any atom is 0.336 e. The summed E-state index contributed by atoms with van der Waals surface area (Å²) in [6.07, 6.45) is 6.04. The van der Waals surface area contributed by atoms with Crippen molar-refractivity contribution in [1.29, 1.82) is 0 Å². The Kier molecular flexibility index (Phi) is 7.22. The summed E-state index contributed by atoms with van der Waals surface area (Å²) < 4.78 is 12.1. The van der Waals surface area contributed by atoms with Crippen LogP contribution in [-0.4, -0.2) is 35.3 Å². The lowest BCUT2D eigenvalue weighted by Crippen LogP contribution is -2.44. The highest BCUT2D eigenvalue weighted by Crippen LogP contribution is 2.49. The summed E-state index contributed by atoms with van der Waals surface area (Å²) in [6.45, 7) is 8.21. The maximum absolute atomic E-state index is 13.6. The third-order valence-corrected chi connectivity index (χ3v) is 7.72. The van der Waals surface area contributed by atoms with Gasteiger partial charge < -0.3 is 14.6 Å². The molecule has 6 nitrogen and oxygen atoms in total. The summed E-state index contributed by atoms with van der Waals surface area (Å²) in [5.41, 5.74) is 2.41. The van der Waals surface area contributed by atoms with Crippen LogP contribution in [0.5, 0.6) is 11.5 Å². The SMILES string of the molecule is CCOc1cc([C@H]2C(C(=O)OC3CCCCC3)=C(C)N=C3CC(C)(C)CC(=O)C32)cc(Br)c1O. The molecule has 1 N–H and O–H groups in total. The molecule has 1 heterocycles. The number of hydrogen-bond acceptors (Lipinski definition) is 6. The minimum atomic E-state index is -0.539. The van der Waals surface area contributed by atoms with E-state index in [0.717, 1.165) is 37.0 Å². The van der Waals surface area contributed by atoms with Crippen molar-refractivity contribution in [3.05, 3.63) is 33.4 Å². The Hall–Kier alpha value is -2.15. The number of ether oxygens (including phenoxy) is 2. The number of Topliss-reactive ketones (excluding diaryl/α,β-unsaturated/α-hetero) is 1. The van der Waals surface area contributed by atoms with Crippen LogP contribution in [0.4, 0.5) is 0 Å². The molecule has 0 radical (unpaired) electrons. The predicted octanol–water partition coefficient (Wildman–Crippen LogP) is 6.25. The molecule has 1 unspecified atom stereocenters. The first-order valence-electron chi connectivity index (χ1n) is 12.3. The molecule has 0 bridgehead atoms. The largest absolute Gasteiger partial charge is 0.503 e. The number of aromatic hydroxyl groups is 1. The summed E-state index contributed by atoms with van der Waals surface area (Å²) in [5.74, 6) is -1.06. The molecule has 0 spiro atoms. The third kappa shape index (κ3) is 4.95. The standard InChI is InChI=1S/C27H34BrNO5/c1-5-33-21-12-16(11-18(28)25(21)31)23-22(26(32)34-17-9-7-6-8-10-17)15(2)29-19-13-27(3,4)14-20(30)24(19)23/h11-12,17,23-24,31H,5-10,13-14H2,1-4H3/t23-,24?/m0/s1. The molecule has 2 atom stereocenters. The van der Waals surface area contributed by atoms with Gasteiger partial charge in [0.1, 0.15) is 11.9 Å². The first kappa shape index (κ1) is 25.0. The Balaban J connectivity index is 1.82. The molecule has 0 saturated heterocycles. The number of benzene rings is 1. The van der Waals surface area contributed by atoms with Crippen molar-refractivity contribution in [3.8, 4) is 11.5 Å². The summed E-state index contributed by atoms with van der Waals surface area (Å²) in [4.78, 5) is 31.9. The van der Waals surface area contributed by atoms with Crippen molar-refractivity contribution in [2.24, 2.45) is 16.3 Å². The highest BCUT2D eigenvalue weighted by molar-refractivity contribution is 9.10. The van der Waals surface area contributed by atoms with Gasteiger partial charge in [-0.25, -0.2) is 4.79 Å². The average Bonchev–Trinajstić information content (AvgIpc) is 2.75. The number of allylic oxidation sites excluding steroid dienone is 1. The fourth-order valence-electron chi connectivity index (χ4n) is 5.66. The van der Waals surface area contributed by atoms with E-state index in [1.54, 1.807) is 12.1 Å². The molecule has 184 valence electrons. The van der Waals surface area contributed by atoms with Crippen molar-refractivity contribution >= 4 is 33.4 Å². The van der Waals surface area contributed by atoms with Gasteiger partial charge in [0, 0.05) is 23.7 Å². The first-order chi connectivity index (χ1) is 16.1. The van der Waals surface area contributed by atoms with Crippen LogP contribution in [0.15, 0.2) is 32.9 Å². The summed E-state index contributed by atoms with van der Waals surface area (Å²) in [5, 5.41) is 10.5. The second-order valence-electron chi connectivity index (χ2n) is 10.5. The van der Waals surface area contributed by atoms with Crippen molar-refractivity contribution in [3.63, 3.8) is 0 Å². The summed E-state index contributed by atoms with van der Waals surface area (Å²) >= 11 is 3.43. The third-order valence-electron chi connectivity index (χ3n) is 7.12. The monoisotopic (exact) mass is 531 g/mol. The van der Waals surface area contributed by atoms with Crippen LogP contribution in [0.2, 0.25) is 0 Å². The number of aliphatic imine (C=N–C) groups is 1. The smallest absolute Gasteiger partial charge is 0.336 e. The zero-order chi connectivity index (χ0) is 24.6. The Morgan fingerprint density at radius 2 is 1.88 bits per heavy atom. The number of fused-ring (bicyclic) bond motifs is 1. The van der Waals surface area contributed by atoms with E-state index in [2.05, 4.69) is 29.8 Å². The van der Waals surface area contributed by atoms with Gasteiger partial charge in [-0.05, 0) is 85.0 Å². The molecular weight excluding hydrogens is 498 g/mol. The first-order valence-corrected chi connectivity index (χ1v) is 13.1. The molecule has 2 aliphatic carbocycles. The van der Waals surface area contributed by atoms with Gasteiger partial charge in [0.15, 0.2) is 11.5 Å². The average molecular weight is 532 g/mol. The van der Waals surface area contributed by atoms with E-state index in [4.69, 9.17) is 14.5 Å². The number of rotatable bonds is 5. The van der Waals surface area contributed by atoms with Gasteiger partial charge in [-0.1, -0.05) is 20.3 Å². The summed E-state index contributed by atoms with van der Waals surface area (Å²) in [7, 11) is 0. The number of hydrogen-bond donors (Lipinski definition) is 1.